The minimum atomic E-state index is -0.380. The summed E-state index contributed by atoms with van der Waals surface area (Å²) in [5.74, 6) is 0.794. The third-order valence-corrected chi connectivity index (χ3v) is 5.28. The first-order valence-electron chi connectivity index (χ1n) is 9.91. The van der Waals surface area contributed by atoms with Gasteiger partial charge < -0.3 is 19.5 Å². The first kappa shape index (κ1) is 21.8. The maximum atomic E-state index is 13.9. The predicted molar refractivity (Wildman–Crippen MR) is 112 cm³/mol. The molecule has 1 heterocycles. The number of nitrogens with zero attached hydrogens (tertiary/aromatic N) is 1. The van der Waals surface area contributed by atoms with Gasteiger partial charge in [0.05, 0.1) is 25.3 Å². The van der Waals surface area contributed by atoms with Gasteiger partial charge in [-0.15, -0.1) is 0 Å². The highest BCUT2D eigenvalue weighted by Gasteiger charge is 2.11. The summed E-state index contributed by atoms with van der Waals surface area (Å²) in [6, 6.07) is 10.4. The zero-order valence-corrected chi connectivity index (χ0v) is 17.5. The maximum Gasteiger partial charge on any atom is 0.161 e. The molecule has 5 nitrogen and oxygen atoms in total. The van der Waals surface area contributed by atoms with E-state index in [2.05, 4.69) is 10.2 Å². The molecule has 0 aliphatic carbocycles. The molecular weight excluding hydrogens is 395 g/mol. The summed E-state index contributed by atoms with van der Waals surface area (Å²) in [5, 5.41) is 3.81. The van der Waals surface area contributed by atoms with Crippen LogP contribution >= 0.6 is 11.6 Å². The molecule has 0 radical (unpaired) electrons. The van der Waals surface area contributed by atoms with Gasteiger partial charge in [0.25, 0.3) is 0 Å². The smallest absolute Gasteiger partial charge is 0.161 e. The average molecular weight is 423 g/mol. The Balaban J connectivity index is 1.46. The molecule has 0 saturated carbocycles. The lowest BCUT2D eigenvalue weighted by molar-refractivity contribution is 0.0374. The van der Waals surface area contributed by atoms with E-state index in [-0.39, 0.29) is 12.4 Å². The van der Waals surface area contributed by atoms with Crippen LogP contribution in [0.15, 0.2) is 36.4 Å². The van der Waals surface area contributed by atoms with Crippen LogP contribution in [0.25, 0.3) is 0 Å². The van der Waals surface area contributed by atoms with Gasteiger partial charge in [-0.3, -0.25) is 4.90 Å². The molecule has 0 unspecified atom stereocenters. The largest absolute Gasteiger partial charge is 0.493 e. The minimum absolute atomic E-state index is 0.0427. The standard InChI is InChI=1S/C22H28ClFN2O3/c1-27-22-14-17(15-25-8-3-9-26-10-12-28-13-11-26)6-7-21(22)29-16-18-19(23)4-2-5-20(18)24/h2,4-7,14,25H,3,8-13,15-16H2,1H3. The van der Waals surface area contributed by atoms with E-state index < -0.39 is 0 Å². The van der Waals surface area contributed by atoms with E-state index >= 15 is 0 Å². The molecule has 29 heavy (non-hydrogen) atoms. The van der Waals surface area contributed by atoms with Crippen LogP contribution in [-0.4, -0.2) is 51.4 Å². The van der Waals surface area contributed by atoms with Gasteiger partial charge in [-0.05, 0) is 49.3 Å². The summed E-state index contributed by atoms with van der Waals surface area (Å²) >= 11 is 6.06. The fourth-order valence-corrected chi connectivity index (χ4v) is 3.46. The Hall–Kier alpha value is -1.86. The Bertz CT molecular complexity index is 764. The average Bonchev–Trinajstić information content (AvgIpc) is 2.74. The molecule has 0 bridgehead atoms. The molecule has 2 aromatic rings. The molecule has 1 aliphatic rings. The Morgan fingerprint density at radius 3 is 2.76 bits per heavy atom. The van der Waals surface area contributed by atoms with Gasteiger partial charge in [-0.2, -0.15) is 0 Å². The molecule has 1 saturated heterocycles. The predicted octanol–water partition coefficient (Wildman–Crippen LogP) is 3.88. The van der Waals surface area contributed by atoms with Crippen molar-refractivity contribution >= 4 is 11.6 Å². The van der Waals surface area contributed by atoms with E-state index in [1.54, 1.807) is 19.2 Å². The van der Waals surface area contributed by atoms with Crippen LogP contribution in [0, 0.1) is 5.82 Å². The third kappa shape index (κ3) is 6.57. The second-order valence-corrected chi connectivity index (χ2v) is 7.37. The van der Waals surface area contributed by atoms with Crippen molar-refractivity contribution in [3.05, 3.63) is 58.4 Å². The topological polar surface area (TPSA) is 43.0 Å². The lowest BCUT2D eigenvalue weighted by atomic mass is 10.2. The zero-order valence-electron chi connectivity index (χ0n) is 16.8. The number of halogens is 2. The number of benzene rings is 2. The highest BCUT2D eigenvalue weighted by molar-refractivity contribution is 6.31. The molecule has 0 amide bonds. The van der Waals surface area contributed by atoms with E-state index in [9.17, 15) is 4.39 Å². The number of rotatable bonds is 10. The van der Waals surface area contributed by atoms with Gasteiger partial charge in [0.15, 0.2) is 11.5 Å². The van der Waals surface area contributed by atoms with E-state index in [1.165, 1.54) is 6.07 Å². The van der Waals surface area contributed by atoms with Crippen molar-refractivity contribution < 1.29 is 18.6 Å². The Kier molecular flexibility index (Phi) is 8.55. The van der Waals surface area contributed by atoms with Crippen LogP contribution in [0.3, 0.4) is 0 Å². The first-order valence-corrected chi connectivity index (χ1v) is 10.3. The van der Waals surface area contributed by atoms with Gasteiger partial charge in [-0.25, -0.2) is 4.39 Å². The zero-order chi connectivity index (χ0) is 20.5. The van der Waals surface area contributed by atoms with Crippen molar-refractivity contribution in [2.24, 2.45) is 0 Å². The lowest BCUT2D eigenvalue weighted by Gasteiger charge is -2.26. The number of hydrogen-bond donors (Lipinski definition) is 1. The quantitative estimate of drug-likeness (QED) is 0.588. The second kappa shape index (κ2) is 11.4. The van der Waals surface area contributed by atoms with Crippen LogP contribution in [0.4, 0.5) is 4.39 Å². The van der Waals surface area contributed by atoms with E-state index in [4.69, 9.17) is 25.8 Å². The SMILES string of the molecule is COc1cc(CNCCCN2CCOCC2)ccc1OCc1c(F)cccc1Cl. The lowest BCUT2D eigenvalue weighted by Crippen LogP contribution is -2.37. The van der Waals surface area contributed by atoms with E-state index in [0.29, 0.717) is 22.1 Å². The molecule has 1 fully saturated rings. The van der Waals surface area contributed by atoms with Crippen molar-refractivity contribution in [3.63, 3.8) is 0 Å². The van der Waals surface area contributed by atoms with Crippen LogP contribution in [0.5, 0.6) is 11.5 Å². The van der Waals surface area contributed by atoms with E-state index in [0.717, 1.165) is 57.9 Å². The van der Waals surface area contributed by atoms with Crippen molar-refractivity contribution in [3.8, 4) is 11.5 Å². The van der Waals surface area contributed by atoms with Crippen molar-refractivity contribution in [1.29, 1.82) is 0 Å². The molecule has 1 N–H and O–H groups in total. The van der Waals surface area contributed by atoms with Crippen molar-refractivity contribution in [2.45, 2.75) is 19.6 Å². The van der Waals surface area contributed by atoms with Gasteiger partial charge in [0.1, 0.15) is 12.4 Å². The highest BCUT2D eigenvalue weighted by atomic mass is 35.5. The summed E-state index contributed by atoms with van der Waals surface area (Å²) in [4.78, 5) is 2.43. The van der Waals surface area contributed by atoms with Crippen LogP contribution in [0.1, 0.15) is 17.5 Å². The van der Waals surface area contributed by atoms with Crippen LogP contribution in [-0.2, 0) is 17.9 Å². The molecule has 7 heteroatoms. The molecular formula is C22H28ClFN2O3. The maximum absolute atomic E-state index is 13.9. The molecule has 2 aromatic carbocycles. The van der Waals surface area contributed by atoms with Gasteiger partial charge in [0, 0.05) is 25.2 Å². The van der Waals surface area contributed by atoms with Gasteiger partial charge in [-0.1, -0.05) is 23.7 Å². The number of hydrogen-bond acceptors (Lipinski definition) is 5. The molecule has 1 aliphatic heterocycles. The van der Waals surface area contributed by atoms with Gasteiger partial charge >= 0.3 is 0 Å². The molecule has 0 atom stereocenters. The molecule has 3 rings (SSSR count). The third-order valence-electron chi connectivity index (χ3n) is 4.92. The second-order valence-electron chi connectivity index (χ2n) is 6.96. The molecule has 0 spiro atoms. The van der Waals surface area contributed by atoms with E-state index in [1.807, 2.05) is 18.2 Å². The molecule has 0 aromatic heterocycles. The number of methoxy groups -OCH3 is 1. The van der Waals surface area contributed by atoms with Crippen LogP contribution in [0.2, 0.25) is 5.02 Å². The Labute approximate surface area is 176 Å². The summed E-state index contributed by atoms with van der Waals surface area (Å²) in [7, 11) is 1.60. The summed E-state index contributed by atoms with van der Waals surface area (Å²) in [5.41, 5.74) is 1.44. The minimum Gasteiger partial charge on any atom is -0.493 e. The first-order chi connectivity index (χ1) is 14.2. The summed E-state index contributed by atoms with van der Waals surface area (Å²) in [6.07, 6.45) is 1.10. The number of morpholine rings is 1. The monoisotopic (exact) mass is 422 g/mol. The van der Waals surface area contributed by atoms with Gasteiger partial charge in [0.2, 0.25) is 0 Å². The fourth-order valence-electron chi connectivity index (χ4n) is 3.25. The molecule has 158 valence electrons. The van der Waals surface area contributed by atoms with Crippen molar-refractivity contribution in [2.75, 3.05) is 46.5 Å². The van der Waals surface area contributed by atoms with Crippen molar-refractivity contribution in [1.82, 2.24) is 10.2 Å². The Morgan fingerprint density at radius 2 is 2.00 bits per heavy atom. The normalized spacial score (nSPS) is 14.7. The fraction of sp³-hybridized carbons (Fsp3) is 0.455. The Morgan fingerprint density at radius 1 is 1.17 bits per heavy atom. The number of nitrogens with one attached hydrogen (secondary N) is 1. The highest BCUT2D eigenvalue weighted by Crippen LogP contribution is 2.30. The summed E-state index contributed by atoms with van der Waals surface area (Å²) in [6.45, 7) is 6.55. The summed E-state index contributed by atoms with van der Waals surface area (Å²) < 4.78 is 30.5. The number of ether oxygens (including phenoxy) is 3. The van der Waals surface area contributed by atoms with Crippen LogP contribution < -0.4 is 14.8 Å².